The Balaban J connectivity index is 2.67. The summed E-state index contributed by atoms with van der Waals surface area (Å²) in [4.78, 5) is 12.3. The van der Waals surface area contributed by atoms with E-state index < -0.39 is 16.1 Å². The maximum Gasteiger partial charge on any atom is 0.245 e. The van der Waals surface area contributed by atoms with Gasteiger partial charge in [-0.15, -0.1) is 5.10 Å². The van der Waals surface area contributed by atoms with Crippen LogP contribution in [0.3, 0.4) is 0 Å². The SMILES string of the molecule is CCC(C)C(C(=O)NCCS(=O)(=O)N(C)C)n1cnnn1. The van der Waals surface area contributed by atoms with E-state index >= 15 is 0 Å². The number of carbonyl (C=O) groups is 1. The van der Waals surface area contributed by atoms with E-state index in [1.807, 2.05) is 13.8 Å². The standard InChI is InChI=1S/C11H22N6O3S/c1-5-9(2)10(17-8-13-14-15-17)11(18)12-6-7-21(19,20)16(3)4/h8-10H,5-7H2,1-4H3,(H,12,18). The zero-order valence-electron chi connectivity index (χ0n) is 12.7. The Morgan fingerprint density at radius 3 is 2.57 bits per heavy atom. The number of hydrogen-bond acceptors (Lipinski definition) is 6. The number of sulfonamides is 1. The molecule has 1 amide bonds. The first-order valence-electron chi connectivity index (χ1n) is 6.70. The molecule has 0 spiro atoms. The quantitative estimate of drug-likeness (QED) is 0.676. The molecule has 1 N–H and O–H groups in total. The van der Waals surface area contributed by atoms with Crippen LogP contribution in [0.15, 0.2) is 6.33 Å². The number of hydrogen-bond donors (Lipinski definition) is 1. The zero-order valence-corrected chi connectivity index (χ0v) is 13.5. The highest BCUT2D eigenvalue weighted by Crippen LogP contribution is 2.19. The third kappa shape index (κ3) is 4.74. The summed E-state index contributed by atoms with van der Waals surface area (Å²) in [6.07, 6.45) is 2.15. The summed E-state index contributed by atoms with van der Waals surface area (Å²) in [7, 11) is -0.411. The van der Waals surface area contributed by atoms with Gasteiger partial charge in [0.2, 0.25) is 15.9 Å². The van der Waals surface area contributed by atoms with Crippen molar-refractivity contribution < 1.29 is 13.2 Å². The summed E-state index contributed by atoms with van der Waals surface area (Å²) in [5.41, 5.74) is 0. The van der Waals surface area contributed by atoms with Crippen molar-refractivity contribution in [3.8, 4) is 0 Å². The van der Waals surface area contributed by atoms with Gasteiger partial charge >= 0.3 is 0 Å². The van der Waals surface area contributed by atoms with Gasteiger partial charge in [-0.2, -0.15) is 0 Å². The molecule has 120 valence electrons. The van der Waals surface area contributed by atoms with Crippen molar-refractivity contribution in [2.75, 3.05) is 26.4 Å². The van der Waals surface area contributed by atoms with Crippen molar-refractivity contribution in [3.63, 3.8) is 0 Å². The Bertz CT molecular complexity index is 542. The fraction of sp³-hybridized carbons (Fsp3) is 0.818. The topological polar surface area (TPSA) is 110 Å². The van der Waals surface area contributed by atoms with Crippen LogP contribution >= 0.6 is 0 Å². The molecule has 0 aromatic carbocycles. The number of aromatic nitrogens is 4. The molecule has 1 aromatic rings. The fourth-order valence-corrected chi connectivity index (χ4v) is 2.47. The Labute approximate surface area is 124 Å². The molecule has 0 saturated heterocycles. The summed E-state index contributed by atoms with van der Waals surface area (Å²) >= 11 is 0. The minimum Gasteiger partial charge on any atom is -0.353 e. The van der Waals surface area contributed by atoms with Gasteiger partial charge in [0, 0.05) is 20.6 Å². The predicted molar refractivity (Wildman–Crippen MR) is 76.8 cm³/mol. The predicted octanol–water partition coefficient (Wildman–Crippen LogP) is -0.732. The average Bonchev–Trinajstić information content (AvgIpc) is 2.92. The molecule has 9 nitrogen and oxygen atoms in total. The van der Waals surface area contributed by atoms with Gasteiger partial charge in [-0.3, -0.25) is 4.79 Å². The molecule has 10 heteroatoms. The van der Waals surface area contributed by atoms with E-state index in [2.05, 4.69) is 20.8 Å². The van der Waals surface area contributed by atoms with Crippen LogP contribution in [0.1, 0.15) is 26.3 Å². The normalized spacial score (nSPS) is 14.9. The van der Waals surface area contributed by atoms with Crippen molar-refractivity contribution in [2.45, 2.75) is 26.3 Å². The lowest BCUT2D eigenvalue weighted by molar-refractivity contribution is -0.126. The van der Waals surface area contributed by atoms with Gasteiger partial charge < -0.3 is 5.32 Å². The lowest BCUT2D eigenvalue weighted by Gasteiger charge is -2.21. The lowest BCUT2D eigenvalue weighted by Crippen LogP contribution is -2.40. The smallest absolute Gasteiger partial charge is 0.245 e. The second-order valence-corrected chi connectivity index (χ2v) is 7.31. The highest BCUT2D eigenvalue weighted by molar-refractivity contribution is 7.89. The Morgan fingerprint density at radius 2 is 2.10 bits per heavy atom. The minimum absolute atomic E-state index is 0.0268. The van der Waals surface area contributed by atoms with Gasteiger partial charge in [-0.25, -0.2) is 17.4 Å². The molecular weight excluding hydrogens is 296 g/mol. The van der Waals surface area contributed by atoms with Crippen LogP contribution in [-0.2, 0) is 14.8 Å². The van der Waals surface area contributed by atoms with Crippen molar-refractivity contribution in [1.82, 2.24) is 29.8 Å². The van der Waals surface area contributed by atoms with Crippen LogP contribution in [-0.4, -0.2) is 65.2 Å². The van der Waals surface area contributed by atoms with Crippen LogP contribution < -0.4 is 5.32 Å². The van der Waals surface area contributed by atoms with Crippen LogP contribution in [0, 0.1) is 5.92 Å². The van der Waals surface area contributed by atoms with Crippen LogP contribution in [0.25, 0.3) is 0 Å². The number of nitrogens with zero attached hydrogens (tertiary/aromatic N) is 5. The van der Waals surface area contributed by atoms with Gasteiger partial charge in [0.05, 0.1) is 5.75 Å². The molecule has 0 saturated carbocycles. The number of carbonyl (C=O) groups excluding carboxylic acids is 1. The third-order valence-corrected chi connectivity index (χ3v) is 5.15. The Hall–Kier alpha value is -1.55. The van der Waals surface area contributed by atoms with E-state index in [0.29, 0.717) is 0 Å². The summed E-state index contributed by atoms with van der Waals surface area (Å²) in [5.74, 6) is -0.404. The first-order valence-corrected chi connectivity index (χ1v) is 8.31. The highest BCUT2D eigenvalue weighted by atomic mass is 32.2. The summed E-state index contributed by atoms with van der Waals surface area (Å²) in [6, 6.07) is -0.549. The lowest BCUT2D eigenvalue weighted by atomic mass is 9.98. The van der Waals surface area contributed by atoms with Gasteiger partial charge in [0.1, 0.15) is 12.4 Å². The number of tetrazole rings is 1. The molecule has 1 aromatic heterocycles. The summed E-state index contributed by atoms with van der Waals surface area (Å²) in [6.45, 7) is 3.93. The average molecular weight is 318 g/mol. The van der Waals surface area contributed by atoms with Crippen molar-refractivity contribution in [2.24, 2.45) is 5.92 Å². The van der Waals surface area contributed by atoms with E-state index in [1.54, 1.807) is 0 Å². The molecule has 0 bridgehead atoms. The molecule has 2 atom stereocenters. The number of amides is 1. The van der Waals surface area contributed by atoms with E-state index in [4.69, 9.17) is 0 Å². The van der Waals surface area contributed by atoms with Crippen molar-refractivity contribution in [1.29, 1.82) is 0 Å². The molecule has 0 aliphatic heterocycles. The van der Waals surface area contributed by atoms with Gasteiger partial charge in [-0.05, 0) is 16.3 Å². The molecule has 21 heavy (non-hydrogen) atoms. The van der Waals surface area contributed by atoms with E-state index in [0.717, 1.165) is 10.7 Å². The molecule has 0 aliphatic carbocycles. The van der Waals surface area contributed by atoms with Crippen LogP contribution in [0.5, 0.6) is 0 Å². The van der Waals surface area contributed by atoms with Crippen molar-refractivity contribution >= 4 is 15.9 Å². The van der Waals surface area contributed by atoms with Gasteiger partial charge in [-0.1, -0.05) is 20.3 Å². The van der Waals surface area contributed by atoms with E-state index in [9.17, 15) is 13.2 Å². The molecular formula is C11H22N6O3S. The first kappa shape index (κ1) is 17.5. The molecule has 1 heterocycles. The molecule has 0 aliphatic rings. The maximum absolute atomic E-state index is 12.3. The van der Waals surface area contributed by atoms with E-state index in [1.165, 1.54) is 25.1 Å². The largest absolute Gasteiger partial charge is 0.353 e. The van der Waals surface area contributed by atoms with Crippen molar-refractivity contribution in [3.05, 3.63) is 6.33 Å². The summed E-state index contributed by atoms with van der Waals surface area (Å²) < 4.78 is 25.8. The molecule has 0 radical (unpaired) electrons. The molecule has 2 unspecified atom stereocenters. The Morgan fingerprint density at radius 1 is 1.43 bits per heavy atom. The maximum atomic E-state index is 12.3. The molecule has 0 fully saturated rings. The third-order valence-electron chi connectivity index (χ3n) is 3.32. The first-order chi connectivity index (χ1) is 9.79. The van der Waals surface area contributed by atoms with Gasteiger partial charge in [0.15, 0.2) is 0 Å². The van der Waals surface area contributed by atoms with Crippen LogP contribution in [0.4, 0.5) is 0 Å². The Kier molecular flexibility index (Phi) is 6.21. The van der Waals surface area contributed by atoms with Crippen LogP contribution in [0.2, 0.25) is 0 Å². The fourth-order valence-electron chi connectivity index (χ4n) is 1.75. The monoisotopic (exact) mass is 318 g/mol. The second-order valence-electron chi connectivity index (χ2n) is 5.01. The zero-order chi connectivity index (χ0) is 16.0. The number of nitrogens with one attached hydrogen (secondary N) is 1. The summed E-state index contributed by atoms with van der Waals surface area (Å²) in [5, 5.41) is 13.5. The second kappa shape index (κ2) is 7.46. The van der Waals surface area contributed by atoms with E-state index in [-0.39, 0.29) is 24.1 Å². The minimum atomic E-state index is -3.33. The number of rotatable bonds is 8. The highest BCUT2D eigenvalue weighted by Gasteiger charge is 2.27. The van der Waals surface area contributed by atoms with Gasteiger partial charge in [0.25, 0.3) is 0 Å². The molecule has 1 rings (SSSR count).